The van der Waals surface area contributed by atoms with Crippen LogP contribution in [-0.4, -0.2) is 35.0 Å². The van der Waals surface area contributed by atoms with Crippen LogP contribution in [-0.2, 0) is 22.4 Å². The molecule has 2 aromatic rings. The zero-order valence-corrected chi connectivity index (χ0v) is 16.4. The Morgan fingerprint density at radius 2 is 1.89 bits per heavy atom. The molecule has 0 saturated carbocycles. The number of aryl methyl sites for hydroxylation is 1. The van der Waals surface area contributed by atoms with Gasteiger partial charge in [0.25, 0.3) is 0 Å². The molecule has 1 heterocycles. The maximum absolute atomic E-state index is 12.5. The highest BCUT2D eigenvalue weighted by Gasteiger charge is 2.32. The standard InChI is InChI=1S/C24H27NO3/c1-16-15-25(12-11-20(16)24(27)28)23(26)8-4-5-17-9-10-19-14-18-6-2-3-7-21(18)22(19)13-17/h2-3,6-7,9-10,13,16,20H,4-5,8,11-12,14-15H2,1H3,(H,27,28). The summed E-state index contributed by atoms with van der Waals surface area (Å²) < 4.78 is 0. The summed E-state index contributed by atoms with van der Waals surface area (Å²) in [6.45, 7) is 3.06. The second kappa shape index (κ2) is 7.78. The maximum atomic E-state index is 12.5. The highest BCUT2D eigenvalue weighted by Crippen LogP contribution is 2.37. The van der Waals surface area contributed by atoms with Crippen LogP contribution in [0.2, 0.25) is 0 Å². The van der Waals surface area contributed by atoms with Gasteiger partial charge in [0.1, 0.15) is 0 Å². The number of benzene rings is 2. The van der Waals surface area contributed by atoms with Gasteiger partial charge in [0.2, 0.25) is 5.91 Å². The van der Waals surface area contributed by atoms with E-state index in [0.29, 0.717) is 25.9 Å². The van der Waals surface area contributed by atoms with Crippen LogP contribution in [0.1, 0.15) is 42.9 Å². The van der Waals surface area contributed by atoms with E-state index in [1.54, 1.807) is 0 Å². The lowest BCUT2D eigenvalue weighted by molar-refractivity contribution is -0.148. The molecule has 1 aliphatic carbocycles. The average Bonchev–Trinajstić information content (AvgIpc) is 3.05. The number of amides is 1. The van der Waals surface area contributed by atoms with Gasteiger partial charge in [-0.3, -0.25) is 9.59 Å². The first kappa shape index (κ1) is 18.7. The molecular formula is C24H27NO3. The van der Waals surface area contributed by atoms with Crippen LogP contribution in [0.25, 0.3) is 11.1 Å². The third-order valence-corrected chi connectivity index (χ3v) is 6.29. The van der Waals surface area contributed by atoms with Gasteiger partial charge in [-0.15, -0.1) is 0 Å². The fourth-order valence-electron chi connectivity index (χ4n) is 4.67. The molecule has 0 radical (unpaired) electrons. The second-order valence-corrected chi connectivity index (χ2v) is 8.23. The molecule has 1 aliphatic heterocycles. The Balaban J connectivity index is 1.32. The number of carbonyl (C=O) groups excluding carboxylic acids is 1. The van der Waals surface area contributed by atoms with E-state index in [1.165, 1.54) is 27.8 Å². The summed E-state index contributed by atoms with van der Waals surface area (Å²) >= 11 is 0. The molecule has 0 bridgehead atoms. The van der Waals surface area contributed by atoms with E-state index in [2.05, 4.69) is 42.5 Å². The number of carboxylic acids is 1. The van der Waals surface area contributed by atoms with Gasteiger partial charge in [-0.05, 0) is 59.4 Å². The van der Waals surface area contributed by atoms with E-state index in [9.17, 15) is 14.7 Å². The van der Waals surface area contributed by atoms with Gasteiger partial charge in [0.15, 0.2) is 0 Å². The van der Waals surface area contributed by atoms with E-state index in [0.717, 1.165) is 19.3 Å². The zero-order chi connectivity index (χ0) is 19.7. The molecule has 1 N–H and O–H groups in total. The lowest BCUT2D eigenvalue weighted by Crippen LogP contribution is -2.44. The number of nitrogens with zero attached hydrogens (tertiary/aromatic N) is 1. The fraction of sp³-hybridized carbons (Fsp3) is 0.417. The molecule has 1 fully saturated rings. The highest BCUT2D eigenvalue weighted by atomic mass is 16.4. The van der Waals surface area contributed by atoms with Gasteiger partial charge >= 0.3 is 5.97 Å². The zero-order valence-electron chi connectivity index (χ0n) is 16.4. The summed E-state index contributed by atoms with van der Waals surface area (Å²) in [5.41, 5.74) is 6.73. The van der Waals surface area contributed by atoms with Crippen LogP contribution in [0.15, 0.2) is 42.5 Å². The Kier molecular flexibility index (Phi) is 5.21. The molecule has 146 valence electrons. The summed E-state index contributed by atoms with van der Waals surface area (Å²) in [5.74, 6) is -0.884. The Morgan fingerprint density at radius 1 is 1.11 bits per heavy atom. The van der Waals surface area contributed by atoms with Gasteiger partial charge in [-0.25, -0.2) is 0 Å². The summed E-state index contributed by atoms with van der Waals surface area (Å²) in [6.07, 6.45) is 3.81. The lowest BCUT2D eigenvalue weighted by atomic mass is 9.87. The minimum Gasteiger partial charge on any atom is -0.481 e. The van der Waals surface area contributed by atoms with Gasteiger partial charge in [-0.2, -0.15) is 0 Å². The predicted octanol–water partition coefficient (Wildman–Crippen LogP) is 4.15. The molecule has 1 amide bonds. The fourth-order valence-corrected chi connectivity index (χ4v) is 4.67. The largest absolute Gasteiger partial charge is 0.481 e. The quantitative estimate of drug-likeness (QED) is 0.727. The Bertz CT molecular complexity index is 904. The van der Waals surface area contributed by atoms with Gasteiger partial charge in [0.05, 0.1) is 5.92 Å². The van der Waals surface area contributed by atoms with E-state index in [-0.39, 0.29) is 17.7 Å². The molecule has 2 unspecified atom stereocenters. The number of hydrogen-bond donors (Lipinski definition) is 1. The van der Waals surface area contributed by atoms with Gasteiger partial charge in [0, 0.05) is 19.5 Å². The number of hydrogen-bond acceptors (Lipinski definition) is 2. The predicted molar refractivity (Wildman–Crippen MR) is 109 cm³/mol. The average molecular weight is 377 g/mol. The first-order valence-electron chi connectivity index (χ1n) is 10.2. The van der Waals surface area contributed by atoms with Crippen molar-refractivity contribution in [1.29, 1.82) is 0 Å². The minimum atomic E-state index is -0.738. The third kappa shape index (κ3) is 3.68. The van der Waals surface area contributed by atoms with Crippen LogP contribution >= 0.6 is 0 Å². The third-order valence-electron chi connectivity index (χ3n) is 6.29. The molecule has 1 saturated heterocycles. The Morgan fingerprint density at radius 3 is 2.68 bits per heavy atom. The number of carboxylic acid groups (broad SMARTS) is 1. The van der Waals surface area contributed by atoms with Crippen molar-refractivity contribution in [2.24, 2.45) is 11.8 Å². The molecule has 2 atom stereocenters. The smallest absolute Gasteiger partial charge is 0.306 e. The minimum absolute atomic E-state index is 0.0204. The molecule has 0 aromatic heterocycles. The van der Waals surface area contributed by atoms with E-state index < -0.39 is 5.97 Å². The van der Waals surface area contributed by atoms with E-state index in [4.69, 9.17) is 0 Å². The normalized spacial score (nSPS) is 20.5. The monoisotopic (exact) mass is 377 g/mol. The second-order valence-electron chi connectivity index (χ2n) is 8.23. The molecule has 4 rings (SSSR count). The molecule has 0 spiro atoms. The summed E-state index contributed by atoms with van der Waals surface area (Å²) in [6, 6.07) is 15.3. The number of rotatable bonds is 5. The van der Waals surface area contributed by atoms with Crippen LogP contribution in [0.3, 0.4) is 0 Å². The summed E-state index contributed by atoms with van der Waals surface area (Å²) in [7, 11) is 0. The topological polar surface area (TPSA) is 57.6 Å². The van der Waals surface area contributed by atoms with Crippen LogP contribution in [0, 0.1) is 11.8 Å². The number of aliphatic carboxylic acids is 1. The molecule has 2 aliphatic rings. The number of likely N-dealkylation sites (tertiary alicyclic amines) is 1. The van der Waals surface area contributed by atoms with E-state index in [1.807, 2.05) is 11.8 Å². The van der Waals surface area contributed by atoms with Crippen molar-refractivity contribution in [3.63, 3.8) is 0 Å². The van der Waals surface area contributed by atoms with Crippen molar-refractivity contribution in [3.05, 3.63) is 59.2 Å². The highest BCUT2D eigenvalue weighted by molar-refractivity contribution is 5.78. The summed E-state index contributed by atoms with van der Waals surface area (Å²) in [5, 5.41) is 9.23. The Labute approximate surface area is 166 Å². The molecule has 28 heavy (non-hydrogen) atoms. The SMILES string of the molecule is CC1CN(C(=O)CCCc2ccc3c(c2)-c2ccccc2C3)CCC1C(=O)O. The van der Waals surface area contributed by atoms with Crippen molar-refractivity contribution in [2.45, 2.75) is 39.0 Å². The van der Waals surface area contributed by atoms with Crippen LogP contribution in [0.5, 0.6) is 0 Å². The first-order valence-corrected chi connectivity index (χ1v) is 10.2. The van der Waals surface area contributed by atoms with Crippen molar-refractivity contribution >= 4 is 11.9 Å². The molecule has 4 heteroatoms. The maximum Gasteiger partial charge on any atom is 0.306 e. The number of fused-ring (bicyclic) bond motifs is 3. The van der Waals surface area contributed by atoms with Crippen molar-refractivity contribution in [3.8, 4) is 11.1 Å². The van der Waals surface area contributed by atoms with Crippen LogP contribution < -0.4 is 0 Å². The number of piperidine rings is 1. The number of carbonyl (C=O) groups is 2. The first-order chi connectivity index (χ1) is 13.5. The van der Waals surface area contributed by atoms with Crippen LogP contribution in [0.4, 0.5) is 0 Å². The van der Waals surface area contributed by atoms with Crippen molar-refractivity contribution < 1.29 is 14.7 Å². The van der Waals surface area contributed by atoms with Gasteiger partial charge < -0.3 is 10.0 Å². The van der Waals surface area contributed by atoms with E-state index >= 15 is 0 Å². The molecule has 4 nitrogen and oxygen atoms in total. The molecular weight excluding hydrogens is 350 g/mol. The van der Waals surface area contributed by atoms with Gasteiger partial charge in [-0.1, -0.05) is 49.4 Å². The molecule has 2 aromatic carbocycles. The Hall–Kier alpha value is -2.62. The van der Waals surface area contributed by atoms with Crippen molar-refractivity contribution in [1.82, 2.24) is 4.90 Å². The summed E-state index contributed by atoms with van der Waals surface area (Å²) in [4.78, 5) is 25.6. The van der Waals surface area contributed by atoms with Crippen molar-refractivity contribution in [2.75, 3.05) is 13.1 Å². The lowest BCUT2D eigenvalue weighted by Gasteiger charge is -2.35.